The van der Waals surface area contributed by atoms with Crippen LogP contribution in [-0.2, 0) is 16.0 Å². The monoisotopic (exact) mass is 579 g/mol. The van der Waals surface area contributed by atoms with Gasteiger partial charge in [-0.1, -0.05) is 29.8 Å². The highest BCUT2D eigenvalue weighted by Gasteiger charge is 2.62. The molecule has 2 aliphatic carbocycles. The number of carbonyl (C=O) groups is 4. The van der Waals surface area contributed by atoms with E-state index >= 15 is 0 Å². The Balaban J connectivity index is 1.72. The number of hydrogen-bond acceptors (Lipinski definition) is 9. The second kappa shape index (κ2) is 9.58. The van der Waals surface area contributed by atoms with Crippen molar-refractivity contribution in [3.8, 4) is 11.5 Å². The van der Waals surface area contributed by atoms with Gasteiger partial charge in [-0.2, -0.15) is 0 Å². The number of phenols is 2. The molecule has 0 spiro atoms. The normalized spacial score (nSPS) is 22.1. The number of phenolic OH excluding ortho intramolecular Hbond substituents is 2. The Labute approximate surface area is 238 Å². The minimum atomic E-state index is -2.77. The number of anilines is 1. The molecule has 2 aliphatic rings. The van der Waals surface area contributed by atoms with Gasteiger partial charge in [0.2, 0.25) is 5.78 Å². The SMILES string of the molecule is Cc1c2c(c(O)c3c(O)c(NC(=O)c4ccccc4Cl)ccc13)C(=O)[C@]1(O)C(O)=C(C(N)=O)C(=O)[C@@H](N(C)C)[C@@H]1C2. The first-order chi connectivity index (χ1) is 19.2. The number of hydrogen-bond donors (Lipinski definition) is 6. The molecule has 41 heavy (non-hydrogen) atoms. The van der Waals surface area contributed by atoms with Crippen LogP contribution in [-0.4, -0.2) is 74.4 Å². The summed E-state index contributed by atoms with van der Waals surface area (Å²) in [6.07, 6.45) is -0.149. The number of nitrogens with one attached hydrogen (secondary N) is 1. The van der Waals surface area contributed by atoms with Gasteiger partial charge in [0, 0.05) is 5.92 Å². The number of likely N-dealkylation sites (N-methyl/N-ethyl adjacent to an activating group) is 1. The van der Waals surface area contributed by atoms with Gasteiger partial charge in [0.15, 0.2) is 17.1 Å². The zero-order valence-corrected chi connectivity index (χ0v) is 22.9. The molecule has 0 aromatic heterocycles. The summed E-state index contributed by atoms with van der Waals surface area (Å²) >= 11 is 6.11. The van der Waals surface area contributed by atoms with E-state index in [0.29, 0.717) is 10.9 Å². The van der Waals surface area contributed by atoms with Gasteiger partial charge in [0.25, 0.3) is 11.8 Å². The topological polar surface area (TPSA) is 190 Å². The number of halogens is 1. The third-order valence-electron chi connectivity index (χ3n) is 8.01. The number of primary amides is 1. The van der Waals surface area contributed by atoms with Crippen LogP contribution >= 0.6 is 11.6 Å². The van der Waals surface area contributed by atoms with Crippen LogP contribution in [0.5, 0.6) is 11.5 Å². The largest absolute Gasteiger partial charge is 0.508 e. The summed E-state index contributed by atoms with van der Waals surface area (Å²) < 4.78 is 0. The first-order valence-corrected chi connectivity index (χ1v) is 12.9. The van der Waals surface area contributed by atoms with Gasteiger partial charge in [-0.05, 0) is 62.2 Å². The highest BCUT2D eigenvalue weighted by atomic mass is 35.5. The Morgan fingerprint density at radius 2 is 1.73 bits per heavy atom. The van der Waals surface area contributed by atoms with Gasteiger partial charge in [0.05, 0.1) is 33.3 Å². The molecule has 0 heterocycles. The molecule has 212 valence electrons. The number of aliphatic hydroxyl groups is 2. The first-order valence-electron chi connectivity index (χ1n) is 12.5. The second-order valence-corrected chi connectivity index (χ2v) is 10.8. The average Bonchev–Trinajstić information content (AvgIpc) is 2.90. The molecule has 0 radical (unpaired) electrons. The van der Waals surface area contributed by atoms with E-state index in [1.807, 2.05) is 0 Å². The first kappa shape index (κ1) is 28.1. The molecular formula is C29H26ClN3O8. The molecule has 0 saturated heterocycles. The number of Topliss-reactive ketones (excluding diaryl/α,β-unsaturated/α-hetero) is 2. The molecule has 0 saturated carbocycles. The Morgan fingerprint density at radius 3 is 2.34 bits per heavy atom. The molecule has 2 amide bonds. The Hall–Kier alpha value is -4.45. The number of nitrogens with two attached hydrogens (primary N) is 1. The molecular weight excluding hydrogens is 554 g/mol. The van der Waals surface area contributed by atoms with Crippen LogP contribution in [0.4, 0.5) is 5.69 Å². The summed E-state index contributed by atoms with van der Waals surface area (Å²) in [5.41, 5.74) is 2.06. The van der Waals surface area contributed by atoms with Crippen molar-refractivity contribution in [2.24, 2.45) is 11.7 Å². The quantitative estimate of drug-likeness (QED) is 0.199. The van der Waals surface area contributed by atoms with Crippen molar-refractivity contribution in [2.75, 3.05) is 19.4 Å². The molecule has 0 unspecified atom stereocenters. The van der Waals surface area contributed by atoms with E-state index in [4.69, 9.17) is 17.3 Å². The van der Waals surface area contributed by atoms with Crippen molar-refractivity contribution in [2.45, 2.75) is 25.0 Å². The summed E-state index contributed by atoms with van der Waals surface area (Å²) in [6, 6.07) is 8.02. The number of aliphatic hydroxyl groups excluding tert-OH is 1. The van der Waals surface area contributed by atoms with Gasteiger partial charge in [-0.25, -0.2) is 0 Å². The summed E-state index contributed by atoms with van der Waals surface area (Å²) in [6.45, 7) is 1.64. The predicted molar refractivity (Wildman–Crippen MR) is 149 cm³/mol. The third-order valence-corrected chi connectivity index (χ3v) is 8.34. The fourth-order valence-corrected chi connectivity index (χ4v) is 6.24. The van der Waals surface area contributed by atoms with Crippen molar-refractivity contribution in [3.63, 3.8) is 0 Å². The maximum Gasteiger partial charge on any atom is 0.257 e. The minimum absolute atomic E-state index is 0.0911. The van der Waals surface area contributed by atoms with Gasteiger partial charge >= 0.3 is 0 Å². The lowest BCUT2D eigenvalue weighted by molar-refractivity contribution is -0.132. The fraction of sp³-hybridized carbons (Fsp3) is 0.241. The zero-order chi connectivity index (χ0) is 30.1. The van der Waals surface area contributed by atoms with E-state index in [2.05, 4.69) is 5.32 Å². The number of rotatable bonds is 4. The van der Waals surface area contributed by atoms with Crippen LogP contribution < -0.4 is 11.1 Å². The molecule has 11 nitrogen and oxygen atoms in total. The number of aryl methyl sites for hydroxylation is 1. The Kier molecular flexibility index (Phi) is 6.57. The van der Waals surface area contributed by atoms with Crippen LogP contribution in [0.2, 0.25) is 5.02 Å². The second-order valence-electron chi connectivity index (χ2n) is 10.4. The molecule has 5 rings (SSSR count). The minimum Gasteiger partial charge on any atom is -0.508 e. The van der Waals surface area contributed by atoms with Crippen molar-refractivity contribution < 1.29 is 39.6 Å². The highest BCUT2D eigenvalue weighted by molar-refractivity contribution is 6.34. The highest BCUT2D eigenvalue weighted by Crippen LogP contribution is 2.51. The molecule has 0 aliphatic heterocycles. The van der Waals surface area contributed by atoms with Crippen LogP contribution in [0.25, 0.3) is 10.8 Å². The molecule has 7 N–H and O–H groups in total. The van der Waals surface area contributed by atoms with E-state index in [0.717, 1.165) is 0 Å². The lowest BCUT2D eigenvalue weighted by Gasteiger charge is -2.47. The maximum atomic E-state index is 14.0. The third kappa shape index (κ3) is 3.88. The molecule has 3 atom stereocenters. The van der Waals surface area contributed by atoms with E-state index in [1.165, 1.54) is 43.3 Å². The number of fused-ring (bicyclic) bond motifs is 3. The maximum absolute atomic E-state index is 14.0. The molecule has 3 aromatic carbocycles. The van der Waals surface area contributed by atoms with E-state index < -0.39 is 69.3 Å². The number of ketones is 2. The lowest BCUT2D eigenvalue weighted by Crippen LogP contribution is -2.64. The summed E-state index contributed by atoms with van der Waals surface area (Å²) in [5.74, 6) is -7.66. The number of carbonyl (C=O) groups excluding carboxylic acids is 4. The van der Waals surface area contributed by atoms with Gasteiger partial charge in [-0.15, -0.1) is 0 Å². The molecule has 3 aromatic rings. The standard InChI is InChI=1S/C29H26ClN3O8/c1-11-12-8-9-17(32-28(40)13-6-4-5-7-16(13)30)22(34)18(12)23(35)19-14(11)10-15-21(33(2)3)24(36)20(27(31)39)26(38)29(15,41)25(19)37/h4-9,15,21,34-35,38,41H,10H2,1-3H3,(H2,31,39)(H,32,40)/t15-,21-,29-/m0/s1. The van der Waals surface area contributed by atoms with Crippen LogP contribution in [0, 0.1) is 12.8 Å². The van der Waals surface area contributed by atoms with Crippen LogP contribution in [0.15, 0.2) is 47.7 Å². The molecule has 0 bridgehead atoms. The summed E-state index contributed by atoms with van der Waals surface area (Å²) in [7, 11) is 3.04. The fourth-order valence-electron chi connectivity index (χ4n) is 6.02. The molecule has 0 fully saturated rings. The van der Waals surface area contributed by atoms with Crippen molar-refractivity contribution >= 4 is 51.4 Å². The summed E-state index contributed by atoms with van der Waals surface area (Å²) in [4.78, 5) is 53.5. The smallest absolute Gasteiger partial charge is 0.257 e. The Bertz CT molecular complexity index is 1750. The number of aromatic hydroxyl groups is 2. The van der Waals surface area contributed by atoms with Crippen LogP contribution in [0.3, 0.4) is 0 Å². The number of nitrogens with zero attached hydrogens (tertiary/aromatic N) is 1. The molecule has 12 heteroatoms. The van der Waals surface area contributed by atoms with Gasteiger partial charge in [0.1, 0.15) is 17.1 Å². The van der Waals surface area contributed by atoms with E-state index in [-0.39, 0.29) is 33.6 Å². The number of benzene rings is 3. The average molecular weight is 580 g/mol. The zero-order valence-electron chi connectivity index (χ0n) is 22.2. The number of amides is 2. The van der Waals surface area contributed by atoms with Crippen LogP contribution in [0.1, 0.15) is 31.8 Å². The summed E-state index contributed by atoms with van der Waals surface area (Å²) in [5, 5.41) is 48.1. The van der Waals surface area contributed by atoms with Gasteiger partial charge in [-0.3, -0.25) is 24.1 Å². The predicted octanol–water partition coefficient (Wildman–Crippen LogP) is 2.36. The van der Waals surface area contributed by atoms with Crippen molar-refractivity contribution in [1.29, 1.82) is 0 Å². The van der Waals surface area contributed by atoms with Crippen molar-refractivity contribution in [3.05, 3.63) is 75.0 Å². The van der Waals surface area contributed by atoms with E-state index in [9.17, 15) is 39.6 Å². The van der Waals surface area contributed by atoms with E-state index in [1.54, 1.807) is 19.1 Å². The Morgan fingerprint density at radius 1 is 1.07 bits per heavy atom. The van der Waals surface area contributed by atoms with Crippen molar-refractivity contribution in [1.82, 2.24) is 4.90 Å². The van der Waals surface area contributed by atoms with Gasteiger partial charge < -0.3 is 31.5 Å². The lowest BCUT2D eigenvalue weighted by atomic mass is 9.61.